The van der Waals surface area contributed by atoms with E-state index in [0.717, 1.165) is 6.26 Å². The second kappa shape index (κ2) is 7.31. The number of hydrogen-bond donors (Lipinski definition) is 2. The minimum atomic E-state index is -3.38. The van der Waals surface area contributed by atoms with Crippen LogP contribution in [0.15, 0.2) is 53.4 Å². The quantitative estimate of drug-likeness (QED) is 0.329. The van der Waals surface area contributed by atoms with Crippen molar-refractivity contribution >= 4 is 21.3 Å². The lowest BCUT2D eigenvalue weighted by Crippen LogP contribution is -2.31. The average Bonchev–Trinajstić information content (AvgIpc) is 2.54. The van der Waals surface area contributed by atoms with Gasteiger partial charge < -0.3 is 5.73 Å². The fraction of sp³-hybridized carbons (Fsp3) is 0.188. The third-order valence-electron chi connectivity index (χ3n) is 3.68. The molecule has 8 nitrogen and oxygen atoms in total. The maximum atomic E-state index is 12.8. The predicted molar refractivity (Wildman–Crippen MR) is 92.5 cm³/mol. The highest BCUT2D eigenvalue weighted by Crippen LogP contribution is 2.25. The van der Waals surface area contributed by atoms with Crippen LogP contribution in [0, 0.1) is 10.1 Å². The standard InChI is InChI=1S/C16H17N3O5S/c1-25(23,24)12-8-6-11(7-9-12)14(10-18-19(21)22)16(20)13-4-2-3-5-15(13)17/h2-9,14,18H,10,17H2,1H3. The zero-order chi connectivity index (χ0) is 18.6. The molecule has 0 heterocycles. The lowest BCUT2D eigenvalue weighted by Gasteiger charge is -2.16. The Bertz CT molecular complexity index is 894. The summed E-state index contributed by atoms with van der Waals surface area (Å²) in [5, 5.41) is 9.89. The molecule has 25 heavy (non-hydrogen) atoms. The molecule has 0 fully saturated rings. The normalized spacial score (nSPS) is 12.4. The van der Waals surface area contributed by atoms with Crippen LogP contribution in [-0.2, 0) is 9.84 Å². The summed E-state index contributed by atoms with van der Waals surface area (Å²) < 4.78 is 23.1. The van der Waals surface area contributed by atoms with E-state index < -0.39 is 20.8 Å². The zero-order valence-electron chi connectivity index (χ0n) is 13.4. The molecule has 0 radical (unpaired) electrons. The van der Waals surface area contributed by atoms with Gasteiger partial charge in [0, 0.05) is 17.5 Å². The van der Waals surface area contributed by atoms with Crippen LogP contribution in [-0.4, -0.2) is 32.0 Å². The summed E-state index contributed by atoms with van der Waals surface area (Å²) in [4.78, 5) is 23.5. The zero-order valence-corrected chi connectivity index (χ0v) is 14.2. The number of nitro groups is 1. The van der Waals surface area contributed by atoms with Gasteiger partial charge in [0.05, 0.1) is 17.4 Å². The second-order valence-electron chi connectivity index (χ2n) is 5.46. The van der Waals surface area contributed by atoms with Crippen molar-refractivity contribution in [2.24, 2.45) is 0 Å². The molecule has 0 amide bonds. The minimum absolute atomic E-state index is 0.101. The Balaban J connectivity index is 2.40. The van der Waals surface area contributed by atoms with E-state index in [0.29, 0.717) is 5.56 Å². The fourth-order valence-corrected chi connectivity index (χ4v) is 3.01. The Morgan fingerprint density at radius 2 is 1.80 bits per heavy atom. The molecule has 1 unspecified atom stereocenters. The first-order valence-electron chi connectivity index (χ1n) is 7.27. The van der Waals surface area contributed by atoms with Gasteiger partial charge in [-0.05, 0) is 29.8 Å². The van der Waals surface area contributed by atoms with Crippen molar-refractivity contribution in [3.8, 4) is 0 Å². The monoisotopic (exact) mass is 363 g/mol. The summed E-state index contributed by atoms with van der Waals surface area (Å²) in [6.07, 6.45) is 1.07. The number of rotatable bonds is 7. The Hall–Kier alpha value is -2.94. The minimum Gasteiger partial charge on any atom is -0.398 e. The first kappa shape index (κ1) is 18.4. The van der Waals surface area contributed by atoms with Crippen molar-refractivity contribution in [3.05, 3.63) is 69.8 Å². The smallest absolute Gasteiger partial charge is 0.175 e. The van der Waals surface area contributed by atoms with E-state index in [-0.39, 0.29) is 28.5 Å². The van der Waals surface area contributed by atoms with Gasteiger partial charge in [-0.15, -0.1) is 5.43 Å². The maximum absolute atomic E-state index is 12.8. The van der Waals surface area contributed by atoms with Crippen molar-refractivity contribution in [1.29, 1.82) is 0 Å². The maximum Gasteiger partial charge on any atom is 0.175 e. The first-order valence-corrected chi connectivity index (χ1v) is 9.16. The molecule has 0 bridgehead atoms. The molecule has 2 aromatic carbocycles. The van der Waals surface area contributed by atoms with Gasteiger partial charge in [-0.25, -0.2) is 18.5 Å². The number of Topliss-reactive ketones (excluding diaryl/α,β-unsaturated/α-hetero) is 1. The third kappa shape index (κ3) is 4.54. The summed E-state index contributed by atoms with van der Waals surface area (Å²) in [6.45, 7) is -0.252. The van der Waals surface area contributed by atoms with E-state index in [1.54, 1.807) is 24.3 Å². The van der Waals surface area contributed by atoms with Gasteiger partial charge in [-0.2, -0.15) is 0 Å². The highest BCUT2D eigenvalue weighted by atomic mass is 32.2. The summed E-state index contributed by atoms with van der Waals surface area (Å²) in [5.41, 5.74) is 8.80. The van der Waals surface area contributed by atoms with Crippen LogP contribution in [0.3, 0.4) is 0 Å². The van der Waals surface area contributed by atoms with Gasteiger partial charge in [0.25, 0.3) is 0 Å². The number of hydrazine groups is 1. The number of carbonyl (C=O) groups excluding carboxylic acids is 1. The van der Waals surface area contributed by atoms with E-state index >= 15 is 0 Å². The first-order chi connectivity index (χ1) is 11.7. The second-order valence-corrected chi connectivity index (χ2v) is 7.48. The molecular weight excluding hydrogens is 346 g/mol. The Labute approximate surface area is 144 Å². The van der Waals surface area contributed by atoms with Crippen molar-refractivity contribution in [3.63, 3.8) is 0 Å². The molecule has 3 N–H and O–H groups in total. The molecule has 0 aliphatic carbocycles. The number of nitrogen functional groups attached to an aromatic ring is 1. The van der Waals surface area contributed by atoms with E-state index in [1.807, 2.05) is 5.43 Å². The third-order valence-corrected chi connectivity index (χ3v) is 4.81. The largest absolute Gasteiger partial charge is 0.398 e. The van der Waals surface area contributed by atoms with Gasteiger partial charge in [-0.3, -0.25) is 4.79 Å². The Morgan fingerprint density at radius 1 is 1.20 bits per heavy atom. The highest BCUT2D eigenvalue weighted by Gasteiger charge is 2.25. The molecule has 0 saturated heterocycles. The van der Waals surface area contributed by atoms with Gasteiger partial charge >= 0.3 is 0 Å². The molecule has 2 aromatic rings. The van der Waals surface area contributed by atoms with Crippen LogP contribution in [0.5, 0.6) is 0 Å². The van der Waals surface area contributed by atoms with Crippen molar-refractivity contribution in [2.75, 3.05) is 18.5 Å². The average molecular weight is 363 g/mol. The number of carbonyl (C=O) groups is 1. The van der Waals surface area contributed by atoms with Crippen molar-refractivity contribution in [1.82, 2.24) is 5.43 Å². The number of para-hydroxylation sites is 1. The number of nitrogens with two attached hydrogens (primary N) is 1. The van der Waals surface area contributed by atoms with Crippen molar-refractivity contribution in [2.45, 2.75) is 10.8 Å². The van der Waals surface area contributed by atoms with E-state index in [1.165, 1.54) is 24.3 Å². The Kier molecular flexibility index (Phi) is 5.38. The molecule has 0 aliphatic heterocycles. The van der Waals surface area contributed by atoms with Crippen LogP contribution in [0.25, 0.3) is 0 Å². The molecular formula is C16H17N3O5S. The van der Waals surface area contributed by atoms with E-state index in [9.17, 15) is 23.3 Å². The summed E-state index contributed by atoms with van der Waals surface area (Å²) >= 11 is 0. The summed E-state index contributed by atoms with van der Waals surface area (Å²) in [5.74, 6) is -1.27. The number of nitrogens with one attached hydrogen (secondary N) is 1. The summed E-state index contributed by atoms with van der Waals surface area (Å²) in [7, 11) is -3.38. The fourth-order valence-electron chi connectivity index (χ4n) is 2.38. The topological polar surface area (TPSA) is 132 Å². The van der Waals surface area contributed by atoms with Crippen LogP contribution in [0.2, 0.25) is 0 Å². The predicted octanol–water partition coefficient (Wildman–Crippen LogP) is 1.42. The number of sulfone groups is 1. The van der Waals surface area contributed by atoms with E-state index in [4.69, 9.17) is 5.73 Å². The number of ketones is 1. The SMILES string of the molecule is CS(=O)(=O)c1ccc(C(CN[N+](=O)[O-])C(=O)c2ccccc2N)cc1. The van der Waals surface area contributed by atoms with Crippen LogP contribution >= 0.6 is 0 Å². The van der Waals surface area contributed by atoms with Gasteiger partial charge in [0.1, 0.15) is 0 Å². The lowest BCUT2D eigenvalue weighted by molar-refractivity contribution is -0.544. The highest BCUT2D eigenvalue weighted by molar-refractivity contribution is 7.90. The molecule has 1 atom stereocenters. The van der Waals surface area contributed by atoms with Gasteiger partial charge in [0.2, 0.25) is 0 Å². The molecule has 0 saturated carbocycles. The molecule has 0 aliphatic rings. The Morgan fingerprint density at radius 3 is 2.32 bits per heavy atom. The van der Waals surface area contributed by atoms with E-state index in [2.05, 4.69) is 0 Å². The molecule has 0 spiro atoms. The molecule has 9 heteroatoms. The number of nitrogens with zero attached hydrogens (tertiary/aromatic N) is 1. The van der Waals surface area contributed by atoms with Crippen LogP contribution in [0.4, 0.5) is 5.69 Å². The number of benzene rings is 2. The number of anilines is 1. The lowest BCUT2D eigenvalue weighted by atomic mass is 9.90. The summed E-state index contributed by atoms with van der Waals surface area (Å²) in [6, 6.07) is 12.1. The number of hydrogen-bond acceptors (Lipinski definition) is 6. The van der Waals surface area contributed by atoms with Crippen molar-refractivity contribution < 1.29 is 18.2 Å². The van der Waals surface area contributed by atoms with Crippen LogP contribution in [0.1, 0.15) is 21.8 Å². The van der Waals surface area contributed by atoms with Crippen LogP contribution < -0.4 is 11.2 Å². The van der Waals surface area contributed by atoms with Gasteiger partial charge in [0.15, 0.2) is 20.7 Å². The molecule has 132 valence electrons. The van der Waals surface area contributed by atoms with Gasteiger partial charge in [-0.1, -0.05) is 24.3 Å². The molecule has 0 aromatic heterocycles. The molecule has 2 rings (SSSR count).